The monoisotopic (exact) mass is 379 g/mol. The third-order valence-corrected chi connectivity index (χ3v) is 6.38. The van der Waals surface area contributed by atoms with Crippen LogP contribution in [-0.4, -0.2) is 30.4 Å². The van der Waals surface area contributed by atoms with Gasteiger partial charge in [0.15, 0.2) is 0 Å². The molecule has 0 saturated heterocycles. The van der Waals surface area contributed by atoms with Crippen molar-refractivity contribution < 1.29 is 9.59 Å². The number of fused-ring (bicyclic) bond motifs is 3. The zero-order valence-corrected chi connectivity index (χ0v) is 16.2. The van der Waals surface area contributed by atoms with Crippen LogP contribution >= 0.6 is 0 Å². The third-order valence-electron chi connectivity index (χ3n) is 6.38. The second kappa shape index (κ2) is 8.31. The lowest BCUT2D eigenvalue weighted by Crippen LogP contribution is -2.55. The van der Waals surface area contributed by atoms with Gasteiger partial charge in [0, 0.05) is 12.1 Å². The van der Waals surface area contributed by atoms with Crippen molar-refractivity contribution in [3.05, 3.63) is 48.0 Å². The highest BCUT2D eigenvalue weighted by atomic mass is 16.2. The highest BCUT2D eigenvalue weighted by molar-refractivity contribution is 5.91. The van der Waals surface area contributed by atoms with Gasteiger partial charge in [-0.25, -0.2) is 0 Å². The summed E-state index contributed by atoms with van der Waals surface area (Å²) >= 11 is 0. The van der Waals surface area contributed by atoms with E-state index in [-0.39, 0.29) is 36.9 Å². The maximum absolute atomic E-state index is 12.4. The second-order valence-electron chi connectivity index (χ2n) is 8.37. The van der Waals surface area contributed by atoms with E-state index in [2.05, 4.69) is 10.6 Å². The Hall–Kier alpha value is -2.40. The molecule has 4 rings (SSSR count). The first kappa shape index (κ1) is 18.9. The molecule has 2 saturated carbocycles. The van der Waals surface area contributed by atoms with Crippen molar-refractivity contribution in [1.29, 1.82) is 0 Å². The number of benzene rings is 2. The minimum Gasteiger partial charge on any atom is -0.351 e. The number of carbonyl (C=O) groups excluding carboxylic acids is 2. The van der Waals surface area contributed by atoms with Crippen LogP contribution in [0, 0.1) is 11.8 Å². The summed E-state index contributed by atoms with van der Waals surface area (Å²) in [6.45, 7) is 0.0333. The van der Waals surface area contributed by atoms with Gasteiger partial charge in [0.25, 0.3) is 0 Å². The lowest BCUT2D eigenvalue weighted by molar-refractivity contribution is -0.127. The van der Waals surface area contributed by atoms with Crippen LogP contribution in [0.5, 0.6) is 0 Å². The van der Waals surface area contributed by atoms with Crippen molar-refractivity contribution >= 4 is 22.6 Å². The first-order valence-corrected chi connectivity index (χ1v) is 10.4. The number of rotatable bonds is 5. The molecule has 28 heavy (non-hydrogen) atoms. The molecule has 4 N–H and O–H groups in total. The Labute approximate surface area is 166 Å². The van der Waals surface area contributed by atoms with Crippen LogP contribution in [-0.2, 0) is 16.0 Å². The van der Waals surface area contributed by atoms with Crippen LogP contribution in [0.1, 0.15) is 37.7 Å². The van der Waals surface area contributed by atoms with Gasteiger partial charge in [0.2, 0.25) is 11.8 Å². The van der Waals surface area contributed by atoms with Gasteiger partial charge in [0.1, 0.15) is 0 Å². The van der Waals surface area contributed by atoms with E-state index in [0.717, 1.165) is 42.0 Å². The minimum absolute atomic E-state index is 0.0333. The molecule has 2 aliphatic carbocycles. The zero-order valence-electron chi connectivity index (χ0n) is 16.2. The molecule has 0 aliphatic heterocycles. The first-order chi connectivity index (χ1) is 13.6. The molecule has 0 spiro atoms. The van der Waals surface area contributed by atoms with Crippen molar-refractivity contribution in [2.75, 3.05) is 6.54 Å². The number of nitrogens with two attached hydrogens (primary N) is 1. The maximum Gasteiger partial charge on any atom is 0.239 e. The smallest absolute Gasteiger partial charge is 0.239 e. The fourth-order valence-corrected chi connectivity index (χ4v) is 5.12. The summed E-state index contributed by atoms with van der Waals surface area (Å²) in [5.41, 5.74) is 7.14. The molecule has 2 fully saturated rings. The van der Waals surface area contributed by atoms with E-state index in [1.807, 2.05) is 42.5 Å². The average molecular weight is 380 g/mol. The summed E-state index contributed by atoms with van der Waals surface area (Å²) in [5.74, 6) is 0.747. The van der Waals surface area contributed by atoms with Crippen molar-refractivity contribution in [3.8, 4) is 0 Å². The molecule has 2 aliphatic rings. The molecule has 5 heteroatoms. The predicted octanol–water partition coefficient (Wildman–Crippen LogP) is 2.52. The number of nitrogens with one attached hydrogen (secondary N) is 2. The lowest BCUT2D eigenvalue weighted by Gasteiger charge is -2.45. The molecule has 148 valence electrons. The summed E-state index contributed by atoms with van der Waals surface area (Å²) in [6.07, 6.45) is 5.78. The Morgan fingerprint density at radius 1 is 0.964 bits per heavy atom. The van der Waals surface area contributed by atoms with Crippen LogP contribution in [0.25, 0.3) is 10.8 Å². The van der Waals surface area contributed by atoms with Gasteiger partial charge in [-0.05, 0) is 53.9 Å². The minimum atomic E-state index is -0.127. The lowest BCUT2D eigenvalue weighted by atomic mass is 9.67. The standard InChI is InChI=1S/C23H29N3O2/c24-19-11-17-8-4-9-18(12-19)23(17)26-22(28)14-25-21(27)13-16-7-3-6-15-5-1-2-10-20(15)16/h1-3,5-7,10,17-19,23H,4,8-9,11-14,24H2,(H,25,27)(H,26,28). The Bertz CT molecular complexity index is 847. The quantitative estimate of drug-likeness (QED) is 0.746. The molecule has 5 nitrogen and oxygen atoms in total. The molecule has 2 unspecified atom stereocenters. The van der Waals surface area contributed by atoms with Gasteiger partial charge < -0.3 is 16.4 Å². The fraction of sp³-hybridized carbons (Fsp3) is 0.478. The van der Waals surface area contributed by atoms with E-state index < -0.39 is 0 Å². The number of carbonyl (C=O) groups is 2. The molecule has 0 aromatic heterocycles. The number of amides is 2. The van der Waals surface area contributed by atoms with Gasteiger partial charge in [-0.1, -0.05) is 48.9 Å². The molecular formula is C23H29N3O2. The second-order valence-corrected chi connectivity index (χ2v) is 8.37. The van der Waals surface area contributed by atoms with E-state index in [1.54, 1.807) is 0 Å². The van der Waals surface area contributed by atoms with Crippen LogP contribution in [0.4, 0.5) is 0 Å². The van der Waals surface area contributed by atoms with Crippen LogP contribution in [0.2, 0.25) is 0 Å². The highest BCUT2D eigenvalue weighted by Crippen LogP contribution is 2.39. The van der Waals surface area contributed by atoms with Crippen molar-refractivity contribution in [2.24, 2.45) is 17.6 Å². The predicted molar refractivity (Wildman–Crippen MR) is 111 cm³/mol. The molecular weight excluding hydrogens is 350 g/mol. The summed E-state index contributed by atoms with van der Waals surface area (Å²) in [6, 6.07) is 14.5. The van der Waals surface area contributed by atoms with Gasteiger partial charge >= 0.3 is 0 Å². The first-order valence-electron chi connectivity index (χ1n) is 10.4. The molecule has 0 radical (unpaired) electrons. The Kier molecular flexibility index (Phi) is 5.62. The molecule has 2 atom stereocenters. The van der Waals surface area contributed by atoms with Gasteiger partial charge in [0.05, 0.1) is 13.0 Å². The van der Waals surface area contributed by atoms with Gasteiger partial charge in [-0.2, -0.15) is 0 Å². The van der Waals surface area contributed by atoms with E-state index in [4.69, 9.17) is 5.73 Å². The van der Waals surface area contributed by atoms with E-state index in [0.29, 0.717) is 11.8 Å². The molecule has 2 bridgehead atoms. The highest BCUT2D eigenvalue weighted by Gasteiger charge is 2.39. The topological polar surface area (TPSA) is 84.2 Å². The van der Waals surface area contributed by atoms with E-state index >= 15 is 0 Å². The molecule has 2 aromatic rings. The van der Waals surface area contributed by atoms with Gasteiger partial charge in [-0.15, -0.1) is 0 Å². The largest absolute Gasteiger partial charge is 0.351 e. The summed E-state index contributed by atoms with van der Waals surface area (Å²) in [4.78, 5) is 24.8. The summed E-state index contributed by atoms with van der Waals surface area (Å²) in [7, 11) is 0. The van der Waals surface area contributed by atoms with Crippen molar-refractivity contribution in [2.45, 2.75) is 50.6 Å². The summed E-state index contributed by atoms with van der Waals surface area (Å²) in [5, 5.41) is 8.16. The van der Waals surface area contributed by atoms with E-state index in [9.17, 15) is 9.59 Å². The normalized spacial score (nSPS) is 26.6. The van der Waals surface area contributed by atoms with Gasteiger partial charge in [-0.3, -0.25) is 9.59 Å². The van der Waals surface area contributed by atoms with Crippen molar-refractivity contribution in [3.63, 3.8) is 0 Å². The zero-order chi connectivity index (χ0) is 19.5. The molecule has 2 aromatic carbocycles. The third kappa shape index (κ3) is 4.20. The fourth-order valence-electron chi connectivity index (χ4n) is 5.12. The Morgan fingerprint density at radius 3 is 2.46 bits per heavy atom. The van der Waals surface area contributed by atoms with Crippen molar-refractivity contribution in [1.82, 2.24) is 10.6 Å². The molecule has 2 amide bonds. The van der Waals surface area contributed by atoms with E-state index in [1.165, 1.54) is 6.42 Å². The Balaban J connectivity index is 1.30. The van der Waals surface area contributed by atoms with Crippen LogP contribution in [0.15, 0.2) is 42.5 Å². The van der Waals surface area contributed by atoms with Crippen LogP contribution in [0.3, 0.4) is 0 Å². The average Bonchev–Trinajstić information content (AvgIpc) is 2.67. The number of hydrogen-bond donors (Lipinski definition) is 3. The molecule has 0 heterocycles. The number of hydrogen-bond acceptors (Lipinski definition) is 3. The SMILES string of the molecule is NC1CC2CCCC(C1)C2NC(=O)CNC(=O)Cc1cccc2ccccc12. The Morgan fingerprint density at radius 2 is 1.68 bits per heavy atom. The summed E-state index contributed by atoms with van der Waals surface area (Å²) < 4.78 is 0. The van der Waals surface area contributed by atoms with Crippen LogP contribution < -0.4 is 16.4 Å². The maximum atomic E-state index is 12.4.